The lowest BCUT2D eigenvalue weighted by molar-refractivity contribution is 0.102. The monoisotopic (exact) mass is 404 g/mol. The van der Waals surface area contributed by atoms with Gasteiger partial charge in [0.15, 0.2) is 0 Å². The molecule has 3 nitrogen and oxygen atoms in total. The van der Waals surface area contributed by atoms with Crippen LogP contribution < -0.4 is 11.1 Å². The molecule has 2 rings (SSSR count). The maximum Gasteiger partial charge on any atom is 0.257 e. The van der Waals surface area contributed by atoms with Crippen LogP contribution in [0.15, 0.2) is 39.3 Å². The number of amides is 1. The van der Waals surface area contributed by atoms with Crippen molar-refractivity contribution < 1.29 is 13.6 Å². The van der Waals surface area contributed by atoms with Gasteiger partial charge in [0, 0.05) is 16.2 Å². The van der Waals surface area contributed by atoms with Crippen molar-refractivity contribution in [1.82, 2.24) is 0 Å². The van der Waals surface area contributed by atoms with Crippen LogP contribution in [0, 0.1) is 11.6 Å². The van der Waals surface area contributed by atoms with Crippen LogP contribution in [0.4, 0.5) is 20.2 Å². The Morgan fingerprint density at radius 1 is 1.10 bits per heavy atom. The Morgan fingerprint density at radius 3 is 2.45 bits per heavy atom. The number of nitrogens with one attached hydrogen (secondary N) is 1. The Bertz CT molecular complexity index is 692. The van der Waals surface area contributed by atoms with Crippen molar-refractivity contribution in [2.75, 3.05) is 11.1 Å². The zero-order valence-electron chi connectivity index (χ0n) is 9.88. The highest BCUT2D eigenvalue weighted by Gasteiger charge is 2.14. The molecular formula is C13H8Br2F2N2O. The van der Waals surface area contributed by atoms with Gasteiger partial charge in [0.05, 0.1) is 15.7 Å². The summed E-state index contributed by atoms with van der Waals surface area (Å²) in [6.45, 7) is 0. The van der Waals surface area contributed by atoms with Crippen molar-refractivity contribution in [1.29, 1.82) is 0 Å². The van der Waals surface area contributed by atoms with Crippen molar-refractivity contribution in [3.05, 3.63) is 56.5 Å². The molecule has 0 fully saturated rings. The molecule has 0 aliphatic heterocycles. The number of hydrogen-bond acceptors (Lipinski definition) is 2. The summed E-state index contributed by atoms with van der Waals surface area (Å²) in [7, 11) is 0. The molecule has 1 amide bonds. The average molecular weight is 406 g/mol. The summed E-state index contributed by atoms with van der Waals surface area (Å²) in [5, 5.41) is 2.28. The summed E-state index contributed by atoms with van der Waals surface area (Å²) in [5.41, 5.74) is 5.86. The van der Waals surface area contributed by atoms with Gasteiger partial charge in [-0.25, -0.2) is 8.78 Å². The number of carbonyl (C=O) groups excluding carboxylic acids is 1. The summed E-state index contributed by atoms with van der Waals surface area (Å²) < 4.78 is 27.7. The smallest absolute Gasteiger partial charge is 0.257 e. The Hall–Kier alpha value is -1.47. The molecule has 0 unspecified atom stereocenters. The summed E-state index contributed by atoms with van der Waals surface area (Å²) in [5.74, 6) is -2.04. The first kappa shape index (κ1) is 14.9. The van der Waals surface area contributed by atoms with Crippen LogP contribution in [0.2, 0.25) is 0 Å². The van der Waals surface area contributed by atoms with Crippen LogP contribution in [0.1, 0.15) is 10.4 Å². The Morgan fingerprint density at radius 2 is 1.80 bits per heavy atom. The lowest BCUT2D eigenvalue weighted by atomic mass is 10.1. The van der Waals surface area contributed by atoms with Gasteiger partial charge >= 0.3 is 0 Å². The van der Waals surface area contributed by atoms with E-state index in [1.54, 1.807) is 12.1 Å². The summed E-state index contributed by atoms with van der Waals surface area (Å²) in [4.78, 5) is 12.0. The second kappa shape index (κ2) is 5.88. The van der Waals surface area contributed by atoms with Gasteiger partial charge < -0.3 is 11.1 Å². The quantitative estimate of drug-likeness (QED) is 0.577. The van der Waals surface area contributed by atoms with Gasteiger partial charge in [-0.05, 0) is 40.2 Å². The topological polar surface area (TPSA) is 55.1 Å². The van der Waals surface area contributed by atoms with Crippen molar-refractivity contribution >= 4 is 49.1 Å². The van der Waals surface area contributed by atoms with Gasteiger partial charge in [0.2, 0.25) is 0 Å². The average Bonchev–Trinajstić information content (AvgIpc) is 2.35. The van der Waals surface area contributed by atoms with Crippen LogP contribution in [-0.4, -0.2) is 5.91 Å². The molecule has 0 spiro atoms. The zero-order chi connectivity index (χ0) is 14.9. The van der Waals surface area contributed by atoms with E-state index in [-0.39, 0.29) is 21.4 Å². The van der Waals surface area contributed by atoms with Crippen LogP contribution in [0.25, 0.3) is 0 Å². The summed E-state index contributed by atoms with van der Waals surface area (Å²) in [6, 6.07) is 6.50. The minimum Gasteiger partial charge on any atom is -0.398 e. The minimum atomic E-state index is -0.748. The van der Waals surface area contributed by atoms with Crippen molar-refractivity contribution in [2.24, 2.45) is 0 Å². The van der Waals surface area contributed by atoms with Gasteiger partial charge in [0.25, 0.3) is 5.91 Å². The predicted molar refractivity (Wildman–Crippen MR) is 80.6 cm³/mol. The molecular weight excluding hydrogens is 398 g/mol. The molecule has 0 saturated carbocycles. The van der Waals surface area contributed by atoms with Gasteiger partial charge in [0.1, 0.15) is 11.6 Å². The first-order valence-corrected chi connectivity index (χ1v) is 6.98. The summed E-state index contributed by atoms with van der Waals surface area (Å²) in [6.07, 6.45) is 0. The molecule has 0 aliphatic rings. The van der Waals surface area contributed by atoms with Crippen LogP contribution in [0.3, 0.4) is 0 Å². The van der Waals surface area contributed by atoms with E-state index in [9.17, 15) is 13.6 Å². The van der Waals surface area contributed by atoms with Crippen molar-refractivity contribution in [3.8, 4) is 0 Å². The second-order valence-corrected chi connectivity index (χ2v) is 5.70. The lowest BCUT2D eigenvalue weighted by Crippen LogP contribution is -2.15. The summed E-state index contributed by atoms with van der Waals surface area (Å²) >= 11 is 6.07. The van der Waals surface area contributed by atoms with Crippen molar-refractivity contribution in [3.63, 3.8) is 0 Å². The Balaban J connectivity index is 2.30. The number of nitrogen functional groups attached to an aromatic ring is 1. The maximum absolute atomic E-state index is 13.6. The molecule has 7 heteroatoms. The maximum atomic E-state index is 13.6. The largest absolute Gasteiger partial charge is 0.398 e. The van der Waals surface area contributed by atoms with E-state index in [0.717, 1.165) is 12.1 Å². The van der Waals surface area contributed by atoms with E-state index < -0.39 is 17.5 Å². The Labute approximate surface area is 130 Å². The van der Waals surface area contributed by atoms with Crippen LogP contribution >= 0.6 is 31.9 Å². The third-order valence-electron chi connectivity index (χ3n) is 2.52. The van der Waals surface area contributed by atoms with E-state index in [1.165, 1.54) is 6.07 Å². The third-order valence-corrected chi connectivity index (χ3v) is 3.62. The van der Waals surface area contributed by atoms with E-state index >= 15 is 0 Å². The molecule has 0 radical (unpaired) electrons. The number of nitrogens with two attached hydrogens (primary N) is 1. The fourth-order valence-corrected chi connectivity index (χ4v) is 2.24. The molecule has 0 aliphatic carbocycles. The molecule has 0 bridgehead atoms. The highest BCUT2D eigenvalue weighted by Crippen LogP contribution is 2.25. The normalized spacial score (nSPS) is 10.4. The van der Waals surface area contributed by atoms with E-state index in [2.05, 4.69) is 37.2 Å². The molecule has 3 N–H and O–H groups in total. The number of benzene rings is 2. The predicted octanol–water partition coefficient (Wildman–Crippen LogP) is 4.32. The fraction of sp³-hybridized carbons (Fsp3) is 0. The third kappa shape index (κ3) is 3.16. The molecule has 2 aromatic rings. The molecule has 2 aromatic carbocycles. The standard InChI is InChI=1S/C13H8Br2F2N2O/c14-6-1-2-7(11(18)3-6)13(20)19-12-5-9(16)8(15)4-10(12)17/h1-5H,18H2,(H,19,20). The second-order valence-electron chi connectivity index (χ2n) is 3.93. The SMILES string of the molecule is Nc1cc(Br)ccc1C(=O)Nc1cc(F)c(Br)cc1F. The number of rotatable bonds is 2. The molecule has 104 valence electrons. The van der Waals surface area contributed by atoms with Gasteiger partial charge in [-0.1, -0.05) is 15.9 Å². The first-order chi connectivity index (χ1) is 9.38. The molecule has 0 atom stereocenters. The number of anilines is 2. The zero-order valence-corrected chi connectivity index (χ0v) is 13.1. The lowest BCUT2D eigenvalue weighted by Gasteiger charge is -2.09. The molecule has 0 aromatic heterocycles. The van der Waals surface area contributed by atoms with Gasteiger partial charge in [-0.2, -0.15) is 0 Å². The van der Waals surface area contributed by atoms with E-state index in [4.69, 9.17) is 5.73 Å². The Kier molecular flexibility index (Phi) is 4.39. The number of hydrogen-bond donors (Lipinski definition) is 2. The van der Waals surface area contributed by atoms with Crippen LogP contribution in [-0.2, 0) is 0 Å². The van der Waals surface area contributed by atoms with Gasteiger partial charge in [-0.15, -0.1) is 0 Å². The fourth-order valence-electron chi connectivity index (χ4n) is 1.55. The van der Waals surface area contributed by atoms with E-state index in [0.29, 0.717) is 4.47 Å². The molecule has 0 saturated heterocycles. The minimum absolute atomic E-state index is 0.0174. The molecule has 20 heavy (non-hydrogen) atoms. The number of carbonyl (C=O) groups is 1. The highest BCUT2D eigenvalue weighted by molar-refractivity contribution is 9.10. The van der Waals surface area contributed by atoms with E-state index in [1.807, 2.05) is 0 Å². The molecule has 0 heterocycles. The van der Waals surface area contributed by atoms with Gasteiger partial charge in [-0.3, -0.25) is 4.79 Å². The van der Waals surface area contributed by atoms with Crippen molar-refractivity contribution in [2.45, 2.75) is 0 Å². The van der Waals surface area contributed by atoms with Crippen LogP contribution in [0.5, 0.6) is 0 Å². The highest BCUT2D eigenvalue weighted by atomic mass is 79.9. The first-order valence-electron chi connectivity index (χ1n) is 5.39. The number of halogens is 4.